The van der Waals surface area contributed by atoms with Gasteiger partial charge in [-0.05, 0) is 176 Å². The Morgan fingerprint density at radius 2 is 0.354 bits per heavy atom. The maximum absolute atomic E-state index is 12.4. The molecule has 0 aliphatic heterocycles. The van der Waals surface area contributed by atoms with Gasteiger partial charge in [-0.2, -0.15) is 0 Å². The van der Waals surface area contributed by atoms with Crippen LogP contribution in [0.4, 0.5) is 0 Å². The molecule has 6 saturated carbocycles. The molecule has 0 amide bonds. The summed E-state index contributed by atoms with van der Waals surface area (Å²) in [4.78, 5) is 150. The van der Waals surface area contributed by atoms with E-state index < -0.39 is 34.2 Å². The highest BCUT2D eigenvalue weighted by atomic mass is 16.6. The Balaban J connectivity index is 0.000000262. The van der Waals surface area contributed by atoms with Crippen LogP contribution in [0.15, 0.2) is 91.0 Å². The molecule has 0 bridgehead atoms. The third kappa shape index (κ3) is 44.8. The molecule has 3 aromatic rings. The van der Waals surface area contributed by atoms with Crippen molar-refractivity contribution in [2.45, 2.75) is 236 Å². The zero-order valence-corrected chi connectivity index (χ0v) is 78.0. The third-order valence-corrected chi connectivity index (χ3v) is 24.1. The molecule has 28 heteroatoms. The zero-order chi connectivity index (χ0) is 92.1. The average Bonchev–Trinajstić information content (AvgIpc) is 1.85. The summed E-state index contributed by atoms with van der Waals surface area (Å²) in [6, 6.07) is 26.3. The van der Waals surface area contributed by atoms with E-state index in [1.807, 2.05) is 18.2 Å². The lowest BCUT2D eigenvalue weighted by Gasteiger charge is -2.24. The molecule has 710 valence electrons. The molecule has 9 rings (SSSR count). The molecule has 0 saturated heterocycles. The Bertz CT molecular complexity index is 3320. The third-order valence-electron chi connectivity index (χ3n) is 24.1. The summed E-state index contributed by atoms with van der Waals surface area (Å²) >= 11 is 0. The van der Waals surface area contributed by atoms with Crippen LogP contribution >= 0.6 is 0 Å². The fourth-order valence-electron chi connectivity index (χ4n) is 15.8. The first-order valence-electron chi connectivity index (χ1n) is 47.5. The number of ether oxygens (including phenoxy) is 12. The lowest BCUT2D eigenvalue weighted by Crippen LogP contribution is -3.13. The summed E-state index contributed by atoms with van der Waals surface area (Å²) in [6.07, 6.45) is 28.1. The lowest BCUT2D eigenvalue weighted by molar-refractivity contribution is -0.900. The number of rotatable bonds is 45. The van der Waals surface area contributed by atoms with Crippen molar-refractivity contribution in [3.05, 3.63) is 108 Å². The molecule has 127 heavy (non-hydrogen) atoms. The van der Waals surface area contributed by atoms with Gasteiger partial charge in [-0.15, -0.1) is 0 Å². The first kappa shape index (κ1) is 107. The average molecular weight is 1780 g/mol. The monoisotopic (exact) mass is 1780 g/mol. The standard InChI is InChI=1S/C27H45NO6.C27H27NO6.C24H39NO6.C21H39NO6/c2*29-25(22-10-4-1-5-11-22)32-19-16-28(17-20-33-26(30)23-12-6-2-7-13-23)18-21-34-27(31)24-14-8-3-9-15-24;26-22(19-7-1-2-8-19)29-16-13-25(14-17-30-23(27)20-9-3-4-10-20)15-18-31-24(28)21-11-5-6-12-21;1-19(2,3)16(23)26-13-10-22(11-14-27-17(24)20(4,5)6)12-15-28-18(25)21(7,8)9/h22-24H,1-21H2;1-15H,16-21H2;19-21H,1-18H2;10-15H2,1-9H3/p+4. The van der Waals surface area contributed by atoms with Gasteiger partial charge in [0.15, 0.2) is 0 Å². The molecule has 0 unspecified atom stereocenters. The maximum atomic E-state index is 12.4. The summed E-state index contributed by atoms with van der Waals surface area (Å²) < 4.78 is 65.3. The van der Waals surface area contributed by atoms with Gasteiger partial charge in [-0.3, -0.25) is 43.2 Å². The highest BCUT2D eigenvalue weighted by molar-refractivity contribution is 5.90. The minimum atomic E-state index is -0.551. The number of hydrogen-bond acceptors (Lipinski definition) is 24. The summed E-state index contributed by atoms with van der Waals surface area (Å²) in [5.74, 6) is -2.14. The van der Waals surface area contributed by atoms with E-state index in [-0.39, 0.29) is 129 Å². The molecule has 0 atom stereocenters. The highest BCUT2D eigenvalue weighted by Gasteiger charge is 2.33. The molecule has 0 spiro atoms. The molecule has 6 aliphatic carbocycles. The minimum absolute atomic E-state index is 0.0464. The fourth-order valence-corrected chi connectivity index (χ4v) is 15.8. The molecular weight excluding hydrogens is 1630 g/mol. The number of carbonyl (C=O) groups excluding carboxylic acids is 12. The van der Waals surface area contributed by atoms with Crippen LogP contribution in [0.2, 0.25) is 0 Å². The smallest absolute Gasteiger partial charge is 0.338 e. The van der Waals surface area contributed by atoms with Crippen LogP contribution in [0.25, 0.3) is 0 Å². The van der Waals surface area contributed by atoms with Gasteiger partial charge < -0.3 is 76.4 Å². The summed E-state index contributed by atoms with van der Waals surface area (Å²) in [5.41, 5.74) is -0.201. The minimum Gasteiger partial charge on any atom is -0.459 e. The van der Waals surface area contributed by atoms with E-state index in [0.29, 0.717) is 135 Å². The predicted octanol–water partition coefficient (Wildman–Crippen LogP) is 9.39. The van der Waals surface area contributed by atoms with Crippen LogP contribution in [-0.4, -0.2) is 229 Å². The Morgan fingerprint density at radius 1 is 0.213 bits per heavy atom. The van der Waals surface area contributed by atoms with Crippen molar-refractivity contribution >= 4 is 71.6 Å². The second-order valence-electron chi connectivity index (χ2n) is 37.6. The Kier molecular flexibility index (Phi) is 50.6. The number of benzene rings is 3. The topological polar surface area (TPSA) is 333 Å². The van der Waals surface area contributed by atoms with E-state index in [1.54, 1.807) is 135 Å². The van der Waals surface area contributed by atoms with E-state index in [2.05, 4.69) is 0 Å². The molecule has 0 radical (unpaired) electrons. The van der Waals surface area contributed by atoms with E-state index in [4.69, 9.17) is 56.8 Å². The first-order valence-corrected chi connectivity index (χ1v) is 47.5. The molecule has 4 N–H and O–H groups in total. The summed E-state index contributed by atoms with van der Waals surface area (Å²) in [6.45, 7) is 26.4. The molecule has 6 fully saturated rings. The van der Waals surface area contributed by atoms with Gasteiger partial charge in [-0.1, -0.05) is 151 Å². The van der Waals surface area contributed by atoms with E-state index in [9.17, 15) is 57.5 Å². The predicted molar refractivity (Wildman–Crippen MR) is 475 cm³/mol. The van der Waals surface area contributed by atoms with Gasteiger partial charge >= 0.3 is 71.6 Å². The fraction of sp³-hybridized carbons (Fsp3) is 0.697. The van der Waals surface area contributed by atoms with Crippen molar-refractivity contribution in [2.24, 2.45) is 51.8 Å². The van der Waals surface area contributed by atoms with Crippen LogP contribution < -0.4 is 19.6 Å². The van der Waals surface area contributed by atoms with Gasteiger partial charge in [0, 0.05) is 0 Å². The van der Waals surface area contributed by atoms with Crippen molar-refractivity contribution in [1.82, 2.24) is 0 Å². The van der Waals surface area contributed by atoms with Gasteiger partial charge in [0.25, 0.3) is 0 Å². The van der Waals surface area contributed by atoms with Gasteiger partial charge in [0.2, 0.25) is 0 Å². The van der Waals surface area contributed by atoms with Crippen molar-refractivity contribution < 1.29 is 134 Å². The van der Waals surface area contributed by atoms with Crippen molar-refractivity contribution in [2.75, 3.05) is 158 Å². The van der Waals surface area contributed by atoms with E-state index >= 15 is 0 Å². The Labute approximate surface area is 754 Å². The Morgan fingerprint density at radius 3 is 0.512 bits per heavy atom. The van der Waals surface area contributed by atoms with Crippen molar-refractivity contribution in [1.29, 1.82) is 0 Å². The number of nitrogens with one attached hydrogen (secondary N) is 4. The number of quaternary nitrogens is 4. The Hall–Kier alpha value is -8.86. The molecule has 28 nitrogen and oxygen atoms in total. The van der Waals surface area contributed by atoms with Crippen LogP contribution in [0.3, 0.4) is 0 Å². The van der Waals surface area contributed by atoms with Crippen LogP contribution in [0.5, 0.6) is 0 Å². The first-order chi connectivity index (χ1) is 60.9. The number of esters is 12. The van der Waals surface area contributed by atoms with E-state index in [0.717, 1.165) is 174 Å². The van der Waals surface area contributed by atoms with Crippen molar-refractivity contribution in [3.63, 3.8) is 0 Å². The van der Waals surface area contributed by atoms with Gasteiger partial charge in [-0.25, -0.2) is 14.4 Å². The second kappa shape index (κ2) is 60.1. The molecule has 0 aromatic heterocycles. The van der Waals surface area contributed by atoms with Crippen LogP contribution in [0, 0.1) is 51.8 Å². The summed E-state index contributed by atoms with van der Waals surface area (Å²) in [5, 5.41) is 0. The zero-order valence-electron chi connectivity index (χ0n) is 78.0. The lowest BCUT2D eigenvalue weighted by atomic mass is 9.89. The molecule has 0 heterocycles. The summed E-state index contributed by atoms with van der Waals surface area (Å²) in [7, 11) is 0. The number of hydrogen-bond donors (Lipinski definition) is 4. The number of carbonyl (C=O) groups is 12. The highest BCUT2D eigenvalue weighted by Crippen LogP contribution is 2.30. The largest absolute Gasteiger partial charge is 0.459 e. The quantitative estimate of drug-likeness (QED) is 0.0302. The SMILES string of the molecule is CC(C)(C)C(=O)OCC[NH+](CCOC(=O)C(C)(C)C)CCOC(=O)C(C)(C)C.O=C(OCC[NH+](CCOC(=O)C1CCCC1)CCOC(=O)C1CCCC1)C1CCCC1.O=C(OCC[NH+](CCOC(=O)C1CCCCC1)CCOC(=O)C1CCCCC1)C1CCCCC1.O=C(OCC[NH+](CCOC(=O)c1ccccc1)CCOC(=O)c1ccccc1)c1ccccc1. The van der Waals surface area contributed by atoms with Crippen LogP contribution in [0.1, 0.15) is 267 Å². The van der Waals surface area contributed by atoms with Crippen LogP contribution in [-0.2, 0) is 100.0 Å². The molecule has 3 aromatic carbocycles. The van der Waals surface area contributed by atoms with Gasteiger partial charge in [0.1, 0.15) is 158 Å². The molecular formula is C99H154N4O24+4. The maximum Gasteiger partial charge on any atom is 0.338 e. The van der Waals surface area contributed by atoms with Crippen molar-refractivity contribution in [3.8, 4) is 0 Å². The normalized spacial score (nSPS) is 16.1. The molecule has 6 aliphatic rings. The van der Waals surface area contributed by atoms with Gasteiger partial charge in [0.05, 0.1) is 68.4 Å². The van der Waals surface area contributed by atoms with E-state index in [1.165, 1.54) is 19.3 Å². The second-order valence-corrected chi connectivity index (χ2v) is 37.6.